The van der Waals surface area contributed by atoms with E-state index in [2.05, 4.69) is 0 Å². The first-order valence-electron chi connectivity index (χ1n) is 0.675. The van der Waals surface area contributed by atoms with Crippen molar-refractivity contribution in [1.82, 2.24) is 0 Å². The van der Waals surface area contributed by atoms with Crippen LogP contribution in [0.5, 0.6) is 0 Å². The van der Waals surface area contributed by atoms with Crippen molar-refractivity contribution in [1.29, 1.82) is 5.26 Å². The van der Waals surface area contributed by atoms with Gasteiger partial charge in [-0.3, -0.25) is 0 Å². The molecule has 0 unspecified atom stereocenters. The molecule has 0 radical (unpaired) electrons. The number of rotatable bonds is 0. The van der Waals surface area contributed by atoms with E-state index in [0.29, 0.717) is 0 Å². The summed E-state index contributed by atoms with van der Waals surface area (Å²) in [4.78, 5) is 0. The zero-order valence-corrected chi connectivity index (χ0v) is 4.18. The fraction of sp³-hybridized carbons (Fsp3) is 0. The molecule has 0 spiro atoms. The summed E-state index contributed by atoms with van der Waals surface area (Å²) in [6.45, 7) is 0. The first-order chi connectivity index (χ1) is 2.27. The first kappa shape index (κ1) is 9.61. The summed E-state index contributed by atoms with van der Waals surface area (Å²) in [7, 11) is 0. The van der Waals surface area contributed by atoms with Gasteiger partial charge in [-0.1, -0.05) is 0 Å². The Labute approximate surface area is 51.4 Å². The number of hydrogen-bond donors (Lipinski definition) is 1. The maximum absolute atomic E-state index is 9.15. The van der Waals surface area contributed by atoms with Gasteiger partial charge in [-0.15, -0.1) is 0 Å². The maximum Gasteiger partial charge on any atom is 1.00 e. The van der Waals surface area contributed by atoms with E-state index in [1.165, 1.54) is 0 Å². The Hall–Kier alpha value is 0.354. The fourth-order valence-corrected chi connectivity index (χ4v) is 0. The van der Waals surface area contributed by atoms with Gasteiger partial charge < -0.3 is 0 Å². The second-order valence-electron chi connectivity index (χ2n) is 0.278. The second-order valence-corrected chi connectivity index (χ2v) is 1.15. The SMILES string of the molecule is N#[C][Co-](=[O])[OH].[Li+]. The van der Waals surface area contributed by atoms with Crippen LogP contribution in [0, 0.1) is 10.3 Å². The molecule has 0 aliphatic carbocycles. The van der Waals surface area contributed by atoms with Gasteiger partial charge in [-0.2, -0.15) is 0 Å². The number of hydrogen-bond acceptors (Lipinski definition) is 2. The molecule has 0 aromatic carbocycles. The molecule has 0 heterocycles. The minimum atomic E-state index is -2.53. The van der Waals surface area contributed by atoms with Crippen LogP contribution in [0.4, 0.5) is 0 Å². The van der Waals surface area contributed by atoms with Crippen LogP contribution in [0.1, 0.15) is 0 Å². The molecule has 0 saturated heterocycles. The molecule has 0 bridgehead atoms. The van der Waals surface area contributed by atoms with E-state index in [4.69, 9.17) is 13.3 Å². The van der Waals surface area contributed by atoms with Crippen LogP contribution in [0.25, 0.3) is 0 Å². The zero-order chi connectivity index (χ0) is 4.28. The zero-order valence-electron chi connectivity index (χ0n) is 3.14. The molecular weight excluding hydrogens is 124 g/mol. The molecule has 0 aromatic rings. The molecular formula is CHCoLiNO2. The predicted octanol–water partition coefficient (Wildman–Crippen LogP) is -3.66. The van der Waals surface area contributed by atoms with E-state index in [0.717, 1.165) is 5.00 Å². The van der Waals surface area contributed by atoms with E-state index in [-0.39, 0.29) is 18.9 Å². The molecule has 6 heavy (non-hydrogen) atoms. The van der Waals surface area contributed by atoms with Crippen LogP contribution in [-0.2, 0) is 17.8 Å². The normalized spacial score (nSPS) is 7.67. The van der Waals surface area contributed by atoms with E-state index in [1.54, 1.807) is 0 Å². The van der Waals surface area contributed by atoms with Crippen molar-refractivity contribution in [3.63, 3.8) is 0 Å². The Kier molecular flexibility index (Phi) is 8.57. The largest absolute Gasteiger partial charge is 1.00 e. The Morgan fingerprint density at radius 1 is 1.83 bits per heavy atom. The topological polar surface area (TPSA) is 61.1 Å². The van der Waals surface area contributed by atoms with Gasteiger partial charge in [-0.25, -0.2) is 0 Å². The van der Waals surface area contributed by atoms with Crippen LogP contribution >= 0.6 is 0 Å². The van der Waals surface area contributed by atoms with Crippen molar-refractivity contribution in [2.75, 3.05) is 0 Å². The molecule has 0 fully saturated rings. The van der Waals surface area contributed by atoms with Gasteiger partial charge in [0.2, 0.25) is 0 Å². The monoisotopic (exact) mass is 125 g/mol. The molecule has 0 rings (SSSR count). The van der Waals surface area contributed by atoms with Crippen molar-refractivity contribution >= 4 is 0 Å². The first-order valence-corrected chi connectivity index (χ1v) is 2.09. The van der Waals surface area contributed by atoms with E-state index < -0.39 is 13.9 Å². The van der Waals surface area contributed by atoms with E-state index in [1.807, 2.05) is 0 Å². The third-order valence-electron chi connectivity index (χ3n) is 0.0638. The van der Waals surface area contributed by atoms with Gasteiger partial charge in [0.05, 0.1) is 0 Å². The maximum atomic E-state index is 9.15. The summed E-state index contributed by atoms with van der Waals surface area (Å²) in [6.07, 6.45) is 0. The summed E-state index contributed by atoms with van der Waals surface area (Å²) < 4.78 is 16.7. The van der Waals surface area contributed by atoms with E-state index in [9.17, 15) is 0 Å². The van der Waals surface area contributed by atoms with Crippen molar-refractivity contribution in [3.8, 4) is 5.00 Å². The van der Waals surface area contributed by atoms with Gasteiger partial charge in [0, 0.05) is 0 Å². The minimum absolute atomic E-state index is 0. The van der Waals surface area contributed by atoms with Crippen molar-refractivity contribution < 1.29 is 40.9 Å². The molecule has 32 valence electrons. The number of nitrogens with zero attached hydrogens (tertiary/aromatic N) is 1. The van der Waals surface area contributed by atoms with Crippen molar-refractivity contribution in [2.45, 2.75) is 0 Å². The molecule has 0 saturated carbocycles. The molecule has 3 nitrogen and oxygen atoms in total. The second kappa shape index (κ2) is 5.35. The van der Waals surface area contributed by atoms with Gasteiger partial charge in [0.25, 0.3) is 0 Å². The quantitative estimate of drug-likeness (QED) is 0.339. The average molecular weight is 125 g/mol. The Morgan fingerprint density at radius 3 is 2.00 bits per heavy atom. The van der Waals surface area contributed by atoms with Crippen LogP contribution < -0.4 is 18.9 Å². The van der Waals surface area contributed by atoms with Gasteiger partial charge in [0.15, 0.2) is 0 Å². The molecule has 5 heteroatoms. The predicted molar refractivity (Wildman–Crippen MR) is 8.52 cm³/mol. The molecule has 0 aromatic heterocycles. The van der Waals surface area contributed by atoms with Crippen LogP contribution in [0.2, 0.25) is 0 Å². The van der Waals surface area contributed by atoms with Crippen LogP contribution in [-0.4, -0.2) is 4.22 Å². The summed E-state index contributed by atoms with van der Waals surface area (Å²) in [6, 6.07) is 0. The summed E-state index contributed by atoms with van der Waals surface area (Å²) in [5.41, 5.74) is 0. The Bertz CT molecular complexity index is 86.0. The molecule has 0 aliphatic heterocycles. The van der Waals surface area contributed by atoms with Crippen LogP contribution in [0.3, 0.4) is 0 Å². The van der Waals surface area contributed by atoms with Crippen molar-refractivity contribution in [3.05, 3.63) is 0 Å². The van der Waals surface area contributed by atoms with Gasteiger partial charge >= 0.3 is 51.1 Å². The minimum Gasteiger partial charge on any atom is 1.00 e. The third-order valence-corrected chi connectivity index (χ3v) is 0.263. The van der Waals surface area contributed by atoms with Gasteiger partial charge in [0.1, 0.15) is 0 Å². The third kappa shape index (κ3) is 8.84. The van der Waals surface area contributed by atoms with Crippen LogP contribution in [0.15, 0.2) is 0 Å². The molecule has 0 atom stereocenters. The fourth-order valence-electron chi connectivity index (χ4n) is 0. The summed E-state index contributed by atoms with van der Waals surface area (Å²) in [5.74, 6) is 0. The van der Waals surface area contributed by atoms with E-state index >= 15 is 0 Å². The smallest absolute Gasteiger partial charge is 1.00 e. The van der Waals surface area contributed by atoms with Crippen molar-refractivity contribution in [2.24, 2.45) is 0 Å². The Morgan fingerprint density at radius 2 is 2.00 bits per heavy atom. The Balaban J connectivity index is 0. The molecule has 0 amide bonds. The summed E-state index contributed by atoms with van der Waals surface area (Å²) in [5, 5.41) is 8.45. The number of nitriles is 1. The summed E-state index contributed by atoms with van der Waals surface area (Å²) >= 11 is -2.53. The molecule has 0 aliphatic rings. The average Bonchev–Trinajstić information content (AvgIpc) is 1.38. The van der Waals surface area contributed by atoms with Gasteiger partial charge in [-0.05, 0) is 0 Å². The standard InChI is InChI=1S/CN.Co.Li.H2O.O/c1-2;;;;/h;;;1H2;/q;;+1;;/p-1. The molecule has 1 N–H and O–H groups in total.